The molecule has 1 rings (SSSR count). The van der Waals surface area contributed by atoms with Gasteiger partial charge in [0.05, 0.1) is 0 Å². The van der Waals surface area contributed by atoms with Crippen LogP contribution in [0, 0.1) is 0 Å². The van der Waals surface area contributed by atoms with Crippen LogP contribution in [0.5, 0.6) is 0 Å². The fourth-order valence-corrected chi connectivity index (χ4v) is 1.93. The highest BCUT2D eigenvalue weighted by Crippen LogP contribution is 2.25. The van der Waals surface area contributed by atoms with Crippen molar-refractivity contribution in [2.24, 2.45) is 0 Å². The van der Waals surface area contributed by atoms with Gasteiger partial charge in [-0.3, -0.25) is 0 Å². The lowest BCUT2D eigenvalue weighted by Gasteiger charge is -2.12. The predicted molar refractivity (Wildman–Crippen MR) is 48.6 cm³/mol. The molecule has 0 aromatic rings. The molecule has 0 amide bonds. The van der Waals surface area contributed by atoms with Gasteiger partial charge in [-0.25, -0.2) is 0 Å². The molecule has 0 radical (unpaired) electrons. The fraction of sp³-hybridized carbons (Fsp3) is 1.00. The summed E-state index contributed by atoms with van der Waals surface area (Å²) in [6.45, 7) is 0. The van der Waals surface area contributed by atoms with Gasteiger partial charge in [-0.05, 0) is 12.8 Å². The van der Waals surface area contributed by atoms with E-state index in [2.05, 4.69) is 25.3 Å². The largest absolute Gasteiger partial charge is 0.175 e. The smallest absolute Gasteiger partial charge is 0.0133 e. The maximum atomic E-state index is 4.45. The van der Waals surface area contributed by atoms with E-state index in [9.17, 15) is 0 Å². The summed E-state index contributed by atoms with van der Waals surface area (Å²) in [6, 6.07) is 0. The first kappa shape index (κ1) is 7.80. The van der Waals surface area contributed by atoms with Crippen LogP contribution in [0.2, 0.25) is 0 Å². The molecule has 1 fully saturated rings. The van der Waals surface area contributed by atoms with Gasteiger partial charge in [0, 0.05) is 10.5 Å². The molecule has 2 heteroatoms. The van der Waals surface area contributed by atoms with Crippen LogP contribution in [0.3, 0.4) is 0 Å². The normalized spacial score (nSPS) is 38.0. The van der Waals surface area contributed by atoms with E-state index < -0.39 is 0 Å². The molecule has 1 saturated carbocycles. The summed E-state index contributed by atoms with van der Waals surface area (Å²) >= 11 is 8.90. The molecule has 0 saturated heterocycles. The zero-order valence-corrected chi connectivity index (χ0v) is 7.37. The van der Waals surface area contributed by atoms with E-state index in [0.717, 1.165) is 0 Å². The van der Waals surface area contributed by atoms with E-state index in [-0.39, 0.29) is 0 Å². The highest BCUT2D eigenvalue weighted by Gasteiger charge is 2.15. The number of hydrogen-bond acceptors (Lipinski definition) is 2. The van der Waals surface area contributed by atoms with Crippen molar-refractivity contribution in [2.45, 2.75) is 42.6 Å². The molecular formula is C7H14S2. The molecule has 0 aliphatic heterocycles. The third-order valence-corrected chi connectivity index (χ3v) is 3.42. The van der Waals surface area contributed by atoms with Gasteiger partial charge < -0.3 is 0 Å². The molecular weight excluding hydrogens is 148 g/mol. The van der Waals surface area contributed by atoms with Crippen molar-refractivity contribution >= 4 is 25.3 Å². The van der Waals surface area contributed by atoms with Gasteiger partial charge in [-0.15, -0.1) is 0 Å². The summed E-state index contributed by atoms with van der Waals surface area (Å²) in [5.41, 5.74) is 0. The molecule has 9 heavy (non-hydrogen) atoms. The number of thiol groups is 2. The molecule has 0 heterocycles. The Hall–Kier alpha value is 0.700. The first-order valence-corrected chi connectivity index (χ1v) is 4.70. The minimum absolute atomic E-state index is 0.552. The second-order valence-corrected chi connectivity index (χ2v) is 4.10. The third-order valence-electron chi connectivity index (χ3n) is 1.94. The number of hydrogen-bond donors (Lipinski definition) is 2. The van der Waals surface area contributed by atoms with Crippen LogP contribution in [-0.4, -0.2) is 10.5 Å². The summed E-state index contributed by atoms with van der Waals surface area (Å²) < 4.78 is 0. The van der Waals surface area contributed by atoms with Crippen molar-refractivity contribution < 1.29 is 0 Å². The summed E-state index contributed by atoms with van der Waals surface area (Å²) in [7, 11) is 0. The standard InChI is InChI=1S/C7H14S2/c8-6-4-2-1-3-5-7(6)9/h6-9H,1-5H2/t6-,7+. The monoisotopic (exact) mass is 162 g/mol. The Morgan fingerprint density at radius 1 is 0.778 bits per heavy atom. The molecule has 0 N–H and O–H groups in total. The Morgan fingerprint density at radius 3 is 1.67 bits per heavy atom. The maximum Gasteiger partial charge on any atom is 0.0133 e. The highest BCUT2D eigenvalue weighted by molar-refractivity contribution is 7.85. The second-order valence-electron chi connectivity index (χ2n) is 2.77. The molecule has 2 atom stereocenters. The maximum absolute atomic E-state index is 4.45. The highest BCUT2D eigenvalue weighted by atomic mass is 32.1. The van der Waals surface area contributed by atoms with Crippen LogP contribution in [0.4, 0.5) is 0 Å². The molecule has 1 aliphatic carbocycles. The number of rotatable bonds is 0. The molecule has 54 valence electrons. The SMILES string of the molecule is S[C@@H]1CCCCC[C@@H]1S. The average molecular weight is 162 g/mol. The van der Waals surface area contributed by atoms with Gasteiger partial charge in [0.1, 0.15) is 0 Å². The van der Waals surface area contributed by atoms with E-state index in [1.54, 1.807) is 0 Å². The fourth-order valence-electron chi connectivity index (χ4n) is 1.27. The third kappa shape index (κ3) is 2.42. The summed E-state index contributed by atoms with van der Waals surface area (Å²) in [4.78, 5) is 0. The van der Waals surface area contributed by atoms with Crippen molar-refractivity contribution in [2.75, 3.05) is 0 Å². The molecule has 0 spiro atoms. The summed E-state index contributed by atoms with van der Waals surface area (Å²) in [5, 5.41) is 1.10. The molecule has 0 nitrogen and oxygen atoms in total. The zero-order chi connectivity index (χ0) is 6.69. The Morgan fingerprint density at radius 2 is 1.22 bits per heavy atom. The lowest BCUT2D eigenvalue weighted by atomic mass is 10.2. The lowest BCUT2D eigenvalue weighted by molar-refractivity contribution is 0.704. The van der Waals surface area contributed by atoms with Crippen molar-refractivity contribution in [3.8, 4) is 0 Å². The van der Waals surface area contributed by atoms with Crippen molar-refractivity contribution in [3.05, 3.63) is 0 Å². The van der Waals surface area contributed by atoms with Crippen LogP contribution in [0.1, 0.15) is 32.1 Å². The van der Waals surface area contributed by atoms with E-state index in [1.165, 1.54) is 32.1 Å². The van der Waals surface area contributed by atoms with Gasteiger partial charge in [0.15, 0.2) is 0 Å². The van der Waals surface area contributed by atoms with Crippen molar-refractivity contribution in [1.82, 2.24) is 0 Å². The molecule has 0 aromatic heterocycles. The molecule has 0 bridgehead atoms. The van der Waals surface area contributed by atoms with Gasteiger partial charge in [-0.1, -0.05) is 19.3 Å². The van der Waals surface area contributed by atoms with Gasteiger partial charge in [0.2, 0.25) is 0 Å². The second kappa shape index (κ2) is 3.77. The Kier molecular flexibility index (Phi) is 3.27. The average Bonchev–Trinajstić information content (AvgIpc) is 1.99. The van der Waals surface area contributed by atoms with Crippen molar-refractivity contribution in [1.29, 1.82) is 0 Å². The predicted octanol–water partition coefficient (Wildman–Crippen LogP) is 2.55. The summed E-state index contributed by atoms with van der Waals surface area (Å²) in [6.07, 6.45) is 6.61. The van der Waals surface area contributed by atoms with Crippen LogP contribution in [0.25, 0.3) is 0 Å². The van der Waals surface area contributed by atoms with Crippen LogP contribution >= 0.6 is 25.3 Å². The van der Waals surface area contributed by atoms with E-state index in [1.807, 2.05) is 0 Å². The Balaban J connectivity index is 2.32. The first-order chi connectivity index (χ1) is 4.30. The Bertz CT molecular complexity index is 73.0. The van der Waals surface area contributed by atoms with Crippen LogP contribution in [-0.2, 0) is 0 Å². The Labute approximate surface area is 68.2 Å². The molecule has 0 unspecified atom stereocenters. The van der Waals surface area contributed by atoms with E-state index in [4.69, 9.17) is 0 Å². The molecule has 1 aliphatic rings. The quantitative estimate of drug-likeness (QED) is 0.397. The lowest BCUT2D eigenvalue weighted by Crippen LogP contribution is -2.12. The minimum Gasteiger partial charge on any atom is -0.175 e. The van der Waals surface area contributed by atoms with Gasteiger partial charge in [-0.2, -0.15) is 25.3 Å². The topological polar surface area (TPSA) is 0 Å². The van der Waals surface area contributed by atoms with Crippen LogP contribution in [0.15, 0.2) is 0 Å². The minimum atomic E-state index is 0.552. The first-order valence-electron chi connectivity index (χ1n) is 3.67. The van der Waals surface area contributed by atoms with Crippen LogP contribution < -0.4 is 0 Å². The van der Waals surface area contributed by atoms with Gasteiger partial charge >= 0.3 is 0 Å². The van der Waals surface area contributed by atoms with E-state index in [0.29, 0.717) is 10.5 Å². The molecule has 0 aromatic carbocycles. The van der Waals surface area contributed by atoms with Gasteiger partial charge in [0.25, 0.3) is 0 Å². The summed E-state index contributed by atoms with van der Waals surface area (Å²) in [5.74, 6) is 0. The zero-order valence-electron chi connectivity index (χ0n) is 5.58. The van der Waals surface area contributed by atoms with Crippen molar-refractivity contribution in [3.63, 3.8) is 0 Å². The van der Waals surface area contributed by atoms with E-state index >= 15 is 0 Å².